The lowest BCUT2D eigenvalue weighted by Gasteiger charge is -2.08. The number of ether oxygens (including phenoxy) is 1. The zero-order valence-electron chi connectivity index (χ0n) is 12.7. The fourth-order valence-electron chi connectivity index (χ4n) is 2.71. The Balaban J connectivity index is 1.82. The van der Waals surface area contributed by atoms with Crippen LogP contribution >= 0.6 is 0 Å². The van der Waals surface area contributed by atoms with Gasteiger partial charge in [-0.3, -0.25) is 9.97 Å². The smallest absolute Gasteiger partial charge is 0.339 e. The lowest BCUT2D eigenvalue weighted by atomic mass is 10.1. The Morgan fingerprint density at radius 3 is 2.92 bits per heavy atom. The molecule has 1 N–H and O–H groups in total. The molecule has 4 rings (SSSR count). The second kappa shape index (κ2) is 5.34. The van der Waals surface area contributed by atoms with E-state index in [1.165, 1.54) is 0 Å². The highest BCUT2D eigenvalue weighted by atomic mass is 16.5. The number of aromatic nitrogens is 2. The fourth-order valence-corrected chi connectivity index (χ4v) is 2.71. The maximum atomic E-state index is 11.4. The maximum absolute atomic E-state index is 11.4. The average Bonchev–Trinajstić information content (AvgIpc) is 2.90. The van der Waals surface area contributed by atoms with Gasteiger partial charge in [-0.15, -0.1) is 0 Å². The number of carboxylic acids is 1. The van der Waals surface area contributed by atoms with Crippen molar-refractivity contribution in [1.82, 2.24) is 9.97 Å². The highest BCUT2D eigenvalue weighted by Crippen LogP contribution is 2.33. The van der Waals surface area contributed by atoms with E-state index in [4.69, 9.17) is 9.15 Å². The number of aryl methyl sites for hydroxylation is 1. The zero-order chi connectivity index (χ0) is 16.7. The van der Waals surface area contributed by atoms with Crippen molar-refractivity contribution >= 4 is 27.8 Å². The molecule has 0 aliphatic carbocycles. The summed E-state index contributed by atoms with van der Waals surface area (Å²) in [5.74, 6) is 0.395. The van der Waals surface area contributed by atoms with Crippen molar-refractivity contribution in [1.29, 1.82) is 0 Å². The number of nitrogens with zero attached hydrogens (tertiary/aromatic N) is 2. The summed E-state index contributed by atoms with van der Waals surface area (Å²) >= 11 is 0. The second-order valence-corrected chi connectivity index (χ2v) is 5.31. The summed E-state index contributed by atoms with van der Waals surface area (Å²) in [5, 5.41) is 10.7. The molecule has 3 aromatic heterocycles. The van der Waals surface area contributed by atoms with Gasteiger partial charge in [0.15, 0.2) is 5.75 Å². The number of hydrogen-bond acceptors (Lipinski definition) is 5. The number of pyridine rings is 2. The Morgan fingerprint density at radius 1 is 1.21 bits per heavy atom. The molecule has 0 atom stereocenters. The van der Waals surface area contributed by atoms with Gasteiger partial charge in [0.05, 0.1) is 17.9 Å². The molecule has 0 unspecified atom stereocenters. The first-order valence-corrected chi connectivity index (χ1v) is 7.26. The minimum atomic E-state index is -1.03. The first-order valence-electron chi connectivity index (χ1n) is 7.26. The van der Waals surface area contributed by atoms with E-state index in [-0.39, 0.29) is 5.56 Å². The first kappa shape index (κ1) is 14.2. The molecule has 0 saturated heterocycles. The number of rotatable bonds is 3. The molecule has 0 radical (unpaired) electrons. The lowest BCUT2D eigenvalue weighted by molar-refractivity contribution is 0.0697. The first-order chi connectivity index (χ1) is 11.6. The molecule has 0 aliphatic rings. The van der Waals surface area contributed by atoms with Crippen molar-refractivity contribution in [2.45, 2.75) is 6.92 Å². The number of benzene rings is 1. The average molecular weight is 320 g/mol. The summed E-state index contributed by atoms with van der Waals surface area (Å²) in [6, 6.07) is 8.79. The Kier molecular flexibility index (Phi) is 3.16. The molecule has 0 amide bonds. The molecule has 0 aliphatic heterocycles. The molecule has 0 fully saturated rings. The lowest BCUT2D eigenvalue weighted by Crippen LogP contribution is -1.96. The van der Waals surface area contributed by atoms with Crippen LogP contribution in [0.25, 0.3) is 21.9 Å². The molecule has 6 nitrogen and oxygen atoms in total. The van der Waals surface area contributed by atoms with E-state index in [9.17, 15) is 9.90 Å². The fraction of sp³-hybridized carbons (Fsp3) is 0.0556. The molecule has 24 heavy (non-hydrogen) atoms. The summed E-state index contributed by atoms with van der Waals surface area (Å²) in [4.78, 5) is 19.8. The topological polar surface area (TPSA) is 85.5 Å². The van der Waals surface area contributed by atoms with Crippen molar-refractivity contribution < 1.29 is 19.1 Å². The molecule has 118 valence electrons. The van der Waals surface area contributed by atoms with Crippen LogP contribution in [0.2, 0.25) is 0 Å². The van der Waals surface area contributed by atoms with Crippen molar-refractivity contribution in [2.75, 3.05) is 0 Å². The molecule has 1 aromatic carbocycles. The largest absolute Gasteiger partial charge is 0.478 e. The van der Waals surface area contributed by atoms with Crippen molar-refractivity contribution in [3.8, 4) is 11.5 Å². The van der Waals surface area contributed by atoms with Crippen LogP contribution < -0.4 is 4.74 Å². The van der Waals surface area contributed by atoms with Crippen LogP contribution in [0.4, 0.5) is 0 Å². The highest BCUT2D eigenvalue weighted by molar-refractivity contribution is 6.04. The maximum Gasteiger partial charge on any atom is 0.339 e. The van der Waals surface area contributed by atoms with E-state index in [2.05, 4.69) is 9.97 Å². The van der Waals surface area contributed by atoms with Crippen LogP contribution in [-0.4, -0.2) is 21.0 Å². The highest BCUT2D eigenvalue weighted by Gasteiger charge is 2.18. The van der Waals surface area contributed by atoms with Gasteiger partial charge in [-0.1, -0.05) is 0 Å². The minimum absolute atomic E-state index is 0.146. The van der Waals surface area contributed by atoms with Crippen molar-refractivity contribution in [3.05, 3.63) is 60.2 Å². The predicted molar refractivity (Wildman–Crippen MR) is 87.5 cm³/mol. The van der Waals surface area contributed by atoms with E-state index in [1.54, 1.807) is 43.7 Å². The standard InChI is InChI=1S/C18H12N2O4/c1-10-17(18(21)22)13-7-11(4-5-15(13)23-10)24-16-9-19-8-14-12(16)3-2-6-20-14/h2-9H,1H3,(H,21,22). The molecule has 0 bridgehead atoms. The Labute approximate surface area is 136 Å². The molecule has 0 spiro atoms. The quantitative estimate of drug-likeness (QED) is 0.609. The molecule has 0 saturated carbocycles. The van der Waals surface area contributed by atoms with Crippen LogP contribution in [0.5, 0.6) is 11.5 Å². The third-order valence-corrected chi connectivity index (χ3v) is 3.77. The summed E-state index contributed by atoms with van der Waals surface area (Å²) < 4.78 is 11.4. The van der Waals surface area contributed by atoms with Gasteiger partial charge in [-0.2, -0.15) is 0 Å². The molecular formula is C18H12N2O4. The van der Waals surface area contributed by atoms with Crippen LogP contribution in [-0.2, 0) is 0 Å². The molecule has 3 heterocycles. The number of furan rings is 1. The summed E-state index contributed by atoms with van der Waals surface area (Å²) in [6.07, 6.45) is 4.95. The van der Waals surface area contributed by atoms with Gasteiger partial charge in [0.25, 0.3) is 0 Å². The van der Waals surface area contributed by atoms with Crippen LogP contribution in [0, 0.1) is 6.92 Å². The van der Waals surface area contributed by atoms with Gasteiger partial charge >= 0.3 is 5.97 Å². The normalized spacial score (nSPS) is 11.0. The predicted octanol–water partition coefficient (Wildman–Crippen LogP) is 4.17. The monoisotopic (exact) mass is 320 g/mol. The third-order valence-electron chi connectivity index (χ3n) is 3.77. The van der Waals surface area contributed by atoms with Gasteiger partial charge in [-0.25, -0.2) is 4.79 Å². The Bertz CT molecular complexity index is 1080. The summed E-state index contributed by atoms with van der Waals surface area (Å²) in [5.41, 5.74) is 1.38. The Hall–Kier alpha value is -3.41. The van der Waals surface area contributed by atoms with E-state index in [0.29, 0.717) is 28.2 Å². The van der Waals surface area contributed by atoms with Gasteiger partial charge in [0.1, 0.15) is 22.7 Å². The zero-order valence-corrected chi connectivity index (χ0v) is 12.7. The second-order valence-electron chi connectivity index (χ2n) is 5.31. The summed E-state index contributed by atoms with van der Waals surface area (Å²) in [6.45, 7) is 1.63. The van der Waals surface area contributed by atoms with E-state index >= 15 is 0 Å². The van der Waals surface area contributed by atoms with E-state index < -0.39 is 5.97 Å². The number of hydrogen-bond donors (Lipinski definition) is 1. The van der Waals surface area contributed by atoms with Crippen LogP contribution in [0.15, 0.2) is 53.3 Å². The number of fused-ring (bicyclic) bond motifs is 2. The Morgan fingerprint density at radius 2 is 2.08 bits per heavy atom. The van der Waals surface area contributed by atoms with E-state index in [1.807, 2.05) is 12.1 Å². The number of carboxylic acid groups (broad SMARTS) is 1. The van der Waals surface area contributed by atoms with Gasteiger partial charge in [-0.05, 0) is 37.3 Å². The van der Waals surface area contributed by atoms with Gasteiger partial charge < -0.3 is 14.3 Å². The third kappa shape index (κ3) is 2.25. The SMILES string of the molecule is Cc1oc2ccc(Oc3cncc4ncccc34)cc2c1C(=O)O. The van der Waals surface area contributed by atoms with E-state index in [0.717, 1.165) is 10.9 Å². The van der Waals surface area contributed by atoms with Crippen molar-refractivity contribution in [3.63, 3.8) is 0 Å². The molecular weight excluding hydrogens is 308 g/mol. The molecule has 6 heteroatoms. The van der Waals surface area contributed by atoms with Crippen LogP contribution in [0.1, 0.15) is 16.1 Å². The van der Waals surface area contributed by atoms with Crippen LogP contribution in [0.3, 0.4) is 0 Å². The van der Waals surface area contributed by atoms with Gasteiger partial charge in [0, 0.05) is 17.0 Å². The number of carbonyl (C=O) groups is 1. The summed E-state index contributed by atoms with van der Waals surface area (Å²) in [7, 11) is 0. The molecule has 4 aromatic rings. The van der Waals surface area contributed by atoms with Crippen molar-refractivity contribution in [2.24, 2.45) is 0 Å². The minimum Gasteiger partial charge on any atom is -0.478 e. The number of aromatic carboxylic acids is 1. The van der Waals surface area contributed by atoms with Gasteiger partial charge in [0.2, 0.25) is 0 Å².